The van der Waals surface area contributed by atoms with Crippen molar-refractivity contribution in [3.05, 3.63) is 147 Å². The van der Waals surface area contributed by atoms with Crippen molar-refractivity contribution in [3.8, 4) is 45.5 Å². The highest BCUT2D eigenvalue weighted by Crippen LogP contribution is 2.45. The molecule has 6 heterocycles. The van der Waals surface area contributed by atoms with Crippen LogP contribution in [0.4, 0.5) is 11.6 Å². The summed E-state index contributed by atoms with van der Waals surface area (Å²) in [4.78, 5) is 47.0. The molecule has 2 amide bonds. The monoisotopic (exact) mass is 946 g/mol. The number of hydrogen-bond acceptors (Lipinski definition) is 12. The van der Waals surface area contributed by atoms with Crippen LogP contribution >= 0.6 is 0 Å². The van der Waals surface area contributed by atoms with E-state index in [0.29, 0.717) is 71.4 Å². The molecule has 4 aromatic carbocycles. The normalized spacial score (nSPS) is 20.4. The van der Waals surface area contributed by atoms with Crippen molar-refractivity contribution in [3.63, 3.8) is 0 Å². The van der Waals surface area contributed by atoms with Gasteiger partial charge in [-0.25, -0.2) is 29.3 Å². The lowest BCUT2D eigenvalue weighted by atomic mass is 9.91. The summed E-state index contributed by atoms with van der Waals surface area (Å²) in [5, 5.41) is 11.4. The second-order valence-electron chi connectivity index (χ2n) is 18.6. The van der Waals surface area contributed by atoms with E-state index in [1.54, 1.807) is 4.90 Å². The molecule has 8 aromatic rings. The number of rotatable bonds is 10. The van der Waals surface area contributed by atoms with Crippen LogP contribution in [0.1, 0.15) is 50.6 Å². The van der Waals surface area contributed by atoms with Gasteiger partial charge in [-0.05, 0) is 129 Å². The first-order chi connectivity index (χ1) is 34.8. The van der Waals surface area contributed by atoms with Crippen LogP contribution < -0.4 is 20.9 Å². The average molecular weight is 947 g/mol. The number of aromatic nitrogens is 8. The molecule has 3 unspecified atom stereocenters. The molecule has 2 saturated heterocycles. The van der Waals surface area contributed by atoms with Crippen molar-refractivity contribution in [1.29, 1.82) is 0 Å². The number of likely N-dealkylation sites (tertiary alicyclic amines) is 2. The van der Waals surface area contributed by atoms with Crippen LogP contribution in [0.5, 0.6) is 23.0 Å². The van der Waals surface area contributed by atoms with Crippen LogP contribution in [0.3, 0.4) is 0 Å². The summed E-state index contributed by atoms with van der Waals surface area (Å²) in [5.74, 6) is 5.14. The molecule has 0 spiro atoms. The van der Waals surface area contributed by atoms with Gasteiger partial charge in [0.15, 0.2) is 11.3 Å². The Bertz CT molecular complexity index is 3250. The first-order valence-corrected chi connectivity index (χ1v) is 24.3. The Morgan fingerprint density at radius 3 is 1.54 bits per heavy atom. The summed E-state index contributed by atoms with van der Waals surface area (Å²) in [6.07, 6.45) is 14.6. The molecular formula is C55H54N12O4. The first-order valence-electron chi connectivity index (χ1n) is 24.3. The number of nitrogens with zero attached hydrogens (tertiary/aromatic N) is 10. The predicted molar refractivity (Wildman–Crippen MR) is 272 cm³/mol. The molecule has 4 N–H and O–H groups in total. The average Bonchev–Trinajstić information content (AvgIpc) is 4.24. The highest BCUT2D eigenvalue weighted by atomic mass is 16.5. The molecule has 4 aliphatic rings. The molecule has 1 saturated carbocycles. The zero-order valence-corrected chi connectivity index (χ0v) is 39.2. The lowest BCUT2D eigenvalue weighted by molar-refractivity contribution is -0.138. The molecule has 0 radical (unpaired) electrons. The molecule has 71 heavy (non-hydrogen) atoms. The maximum Gasteiger partial charge on any atom is 0.246 e. The molecule has 3 fully saturated rings. The molecule has 12 rings (SSSR count). The van der Waals surface area contributed by atoms with E-state index >= 15 is 0 Å². The van der Waals surface area contributed by atoms with Crippen LogP contribution in [-0.2, 0) is 9.59 Å². The number of piperidine rings is 2. The number of benzene rings is 4. The lowest BCUT2D eigenvalue weighted by Crippen LogP contribution is -2.44. The zero-order valence-electron chi connectivity index (χ0n) is 39.2. The Morgan fingerprint density at radius 2 is 1.07 bits per heavy atom. The molecule has 5 atom stereocenters. The van der Waals surface area contributed by atoms with Gasteiger partial charge in [0.25, 0.3) is 0 Å². The summed E-state index contributed by atoms with van der Waals surface area (Å²) in [6, 6.07) is 34.9. The van der Waals surface area contributed by atoms with Crippen LogP contribution in [0.25, 0.3) is 44.6 Å². The fourth-order valence-corrected chi connectivity index (χ4v) is 10.7. The van der Waals surface area contributed by atoms with Gasteiger partial charge >= 0.3 is 0 Å². The van der Waals surface area contributed by atoms with Crippen molar-refractivity contribution in [2.24, 2.45) is 17.8 Å². The van der Waals surface area contributed by atoms with E-state index in [4.69, 9.17) is 31.1 Å². The number of para-hydroxylation sites is 2. The van der Waals surface area contributed by atoms with Crippen LogP contribution in [0, 0.1) is 17.8 Å². The van der Waals surface area contributed by atoms with Gasteiger partial charge in [0.2, 0.25) is 11.8 Å². The highest BCUT2D eigenvalue weighted by molar-refractivity contribution is 5.99. The molecule has 2 aliphatic heterocycles. The SMILES string of the molecule is C=CC(=O)N1CCC[C@@H](n2nc(-c3ccc(Oc4ccccc4)cc3)c3c(N)ncnc32)C1.Nc1ncnc2c1c(-c1ccc(Oc3ccccc3)cc1)nn2[C@@H]1CCCN(C(=O)C2CC3C=CC2C3)C1. The van der Waals surface area contributed by atoms with Crippen molar-refractivity contribution >= 4 is 45.5 Å². The van der Waals surface area contributed by atoms with Crippen molar-refractivity contribution in [2.75, 3.05) is 37.6 Å². The third-order valence-corrected chi connectivity index (χ3v) is 14.1. The minimum absolute atomic E-state index is 0.00566. The van der Waals surface area contributed by atoms with E-state index < -0.39 is 0 Å². The molecular weight excluding hydrogens is 893 g/mol. The third-order valence-electron chi connectivity index (χ3n) is 14.1. The van der Waals surface area contributed by atoms with Gasteiger partial charge < -0.3 is 30.7 Å². The second-order valence-corrected chi connectivity index (χ2v) is 18.6. The molecule has 358 valence electrons. The van der Waals surface area contributed by atoms with Crippen molar-refractivity contribution in [2.45, 2.75) is 50.6 Å². The molecule has 16 nitrogen and oxygen atoms in total. The Balaban J connectivity index is 0.000000156. The Labute approximate surface area is 410 Å². The number of hydrogen-bond donors (Lipinski definition) is 2. The second kappa shape index (κ2) is 19.5. The zero-order chi connectivity index (χ0) is 48.4. The molecule has 4 aromatic heterocycles. The maximum atomic E-state index is 13.5. The predicted octanol–water partition coefficient (Wildman–Crippen LogP) is 9.46. The molecule has 2 bridgehead atoms. The van der Waals surface area contributed by atoms with Gasteiger partial charge in [-0.3, -0.25) is 9.59 Å². The molecule has 16 heteroatoms. The van der Waals surface area contributed by atoms with E-state index in [1.165, 1.54) is 18.7 Å². The minimum Gasteiger partial charge on any atom is -0.457 e. The molecule has 2 aliphatic carbocycles. The number of allylic oxidation sites excluding steroid dienone is 2. The number of ether oxygens (including phenoxy) is 2. The van der Waals surface area contributed by atoms with E-state index in [0.717, 1.165) is 90.3 Å². The van der Waals surface area contributed by atoms with Crippen molar-refractivity contribution < 1.29 is 19.1 Å². The fraction of sp³-hybridized carbons (Fsp3) is 0.273. The topological polar surface area (TPSA) is 198 Å². The van der Waals surface area contributed by atoms with Gasteiger partial charge in [0.1, 0.15) is 58.7 Å². The van der Waals surface area contributed by atoms with Crippen LogP contribution in [0.15, 0.2) is 147 Å². The van der Waals surface area contributed by atoms with Gasteiger partial charge in [0, 0.05) is 43.2 Å². The van der Waals surface area contributed by atoms with E-state index in [2.05, 4.69) is 43.6 Å². The number of nitrogens with two attached hydrogens (primary N) is 2. The summed E-state index contributed by atoms with van der Waals surface area (Å²) in [6.45, 7) is 6.32. The quantitative estimate of drug-likeness (QED) is 0.0974. The first kappa shape index (κ1) is 45.1. The third kappa shape index (κ3) is 9.15. The summed E-state index contributed by atoms with van der Waals surface area (Å²) in [7, 11) is 0. The largest absolute Gasteiger partial charge is 0.457 e. The van der Waals surface area contributed by atoms with Gasteiger partial charge in [-0.15, -0.1) is 0 Å². The van der Waals surface area contributed by atoms with Gasteiger partial charge in [-0.1, -0.05) is 55.1 Å². The number of carbonyl (C=O) groups excluding carboxylic acids is 2. The fourth-order valence-electron chi connectivity index (χ4n) is 10.7. The van der Waals surface area contributed by atoms with Gasteiger partial charge in [0.05, 0.1) is 22.9 Å². The number of amides is 2. The Kier molecular flexibility index (Phi) is 12.4. The van der Waals surface area contributed by atoms with Crippen LogP contribution in [0.2, 0.25) is 0 Å². The highest BCUT2D eigenvalue weighted by Gasteiger charge is 2.42. The van der Waals surface area contributed by atoms with E-state index in [1.807, 2.05) is 119 Å². The maximum absolute atomic E-state index is 13.5. The summed E-state index contributed by atoms with van der Waals surface area (Å²) >= 11 is 0. The minimum atomic E-state index is -0.0699. The number of carbonyl (C=O) groups is 2. The van der Waals surface area contributed by atoms with E-state index in [-0.39, 0.29) is 23.9 Å². The Hall–Kier alpha value is -8.40. The number of nitrogen functional groups attached to an aromatic ring is 2. The van der Waals surface area contributed by atoms with Crippen molar-refractivity contribution in [1.82, 2.24) is 49.3 Å². The Morgan fingerprint density at radius 1 is 0.592 bits per heavy atom. The summed E-state index contributed by atoms with van der Waals surface area (Å²) in [5.41, 5.74) is 17.2. The number of fused-ring (bicyclic) bond motifs is 4. The lowest BCUT2D eigenvalue weighted by Gasteiger charge is -2.35. The smallest absolute Gasteiger partial charge is 0.246 e. The summed E-state index contributed by atoms with van der Waals surface area (Å²) < 4.78 is 15.7. The van der Waals surface area contributed by atoms with Gasteiger partial charge in [-0.2, -0.15) is 10.2 Å². The number of anilines is 2. The van der Waals surface area contributed by atoms with E-state index in [9.17, 15) is 9.59 Å². The van der Waals surface area contributed by atoms with Crippen LogP contribution in [-0.4, -0.2) is 87.3 Å². The standard InChI is InChI=1S/C30H30N6O2.C25H24N6O2/c31-28-26-27(20-10-12-24(13-11-20)38-23-6-2-1-3-7-23)34-36(29(26)33-18-32-28)22-5-4-14-35(17-22)30(37)25-16-19-8-9-21(25)15-19;1-2-21(32)30-14-6-7-18(15-30)31-25-22(24(26)27-16-28-25)23(29-31)17-10-12-20(13-11-17)33-19-8-4-3-5-9-19/h1-3,6-13,18-19,21-22,25H,4-5,14-17H2,(H2,31,32,33);2-5,8-13,16,18H,1,6-7,14-15H2,(H2,26,27,28)/t19?,21?,22-,25?;18-/m11/s1.